The van der Waals surface area contributed by atoms with Crippen LogP contribution in [0.5, 0.6) is 11.6 Å². The Labute approximate surface area is 120 Å². The van der Waals surface area contributed by atoms with Crippen molar-refractivity contribution in [2.75, 3.05) is 0 Å². The summed E-state index contributed by atoms with van der Waals surface area (Å²) >= 11 is 0. The van der Waals surface area contributed by atoms with E-state index in [9.17, 15) is 0 Å². The van der Waals surface area contributed by atoms with Crippen LogP contribution in [0.1, 0.15) is 37.5 Å². The molecule has 0 spiro atoms. The minimum Gasteiger partial charge on any atom is -0.439 e. The lowest BCUT2D eigenvalue weighted by molar-refractivity contribution is 0.458. The fraction of sp³-hybridized carbons (Fsp3) is 0.353. The molecule has 0 saturated carbocycles. The molecule has 2 N–H and O–H groups in total. The first-order chi connectivity index (χ1) is 9.40. The molecule has 0 atom stereocenters. The van der Waals surface area contributed by atoms with E-state index in [4.69, 9.17) is 10.5 Å². The number of hydrogen-bond acceptors (Lipinski definition) is 3. The molecule has 20 heavy (non-hydrogen) atoms. The molecule has 0 saturated heterocycles. The Kier molecular flexibility index (Phi) is 4.09. The van der Waals surface area contributed by atoms with Crippen molar-refractivity contribution >= 4 is 0 Å². The maximum atomic E-state index is 5.82. The van der Waals surface area contributed by atoms with E-state index < -0.39 is 0 Å². The number of aromatic nitrogens is 1. The number of nitrogens with two attached hydrogens (primary N) is 1. The summed E-state index contributed by atoms with van der Waals surface area (Å²) in [7, 11) is 0. The largest absolute Gasteiger partial charge is 0.439 e. The van der Waals surface area contributed by atoms with E-state index in [1.165, 1.54) is 5.56 Å². The van der Waals surface area contributed by atoms with Gasteiger partial charge in [-0.1, -0.05) is 39.0 Å². The molecule has 0 bridgehead atoms. The highest BCUT2D eigenvalue weighted by Gasteiger charge is 2.15. The Morgan fingerprint density at radius 2 is 1.90 bits per heavy atom. The van der Waals surface area contributed by atoms with Crippen molar-refractivity contribution in [1.29, 1.82) is 0 Å². The molecule has 0 aliphatic heterocycles. The number of pyridine rings is 1. The van der Waals surface area contributed by atoms with Gasteiger partial charge in [0.1, 0.15) is 5.75 Å². The highest BCUT2D eigenvalue weighted by molar-refractivity contribution is 5.40. The maximum absolute atomic E-state index is 5.82. The van der Waals surface area contributed by atoms with Crippen LogP contribution in [0, 0.1) is 6.92 Å². The van der Waals surface area contributed by atoms with Crippen molar-refractivity contribution in [3.05, 3.63) is 53.2 Å². The Hall–Kier alpha value is -1.87. The van der Waals surface area contributed by atoms with Gasteiger partial charge in [0.25, 0.3) is 0 Å². The van der Waals surface area contributed by atoms with Gasteiger partial charge in [0, 0.05) is 18.8 Å². The van der Waals surface area contributed by atoms with Gasteiger partial charge in [-0.05, 0) is 35.1 Å². The summed E-state index contributed by atoms with van der Waals surface area (Å²) in [6.07, 6.45) is 1.74. The molecule has 1 heterocycles. The fourth-order valence-electron chi connectivity index (χ4n) is 1.94. The van der Waals surface area contributed by atoms with Crippen LogP contribution < -0.4 is 10.5 Å². The molecular weight excluding hydrogens is 248 g/mol. The first-order valence-electron chi connectivity index (χ1n) is 6.84. The van der Waals surface area contributed by atoms with Gasteiger partial charge in [-0.15, -0.1) is 0 Å². The molecule has 1 aromatic carbocycles. The smallest absolute Gasteiger partial charge is 0.219 e. The van der Waals surface area contributed by atoms with Crippen molar-refractivity contribution in [1.82, 2.24) is 4.98 Å². The average molecular weight is 270 g/mol. The van der Waals surface area contributed by atoms with Gasteiger partial charge in [-0.2, -0.15) is 0 Å². The summed E-state index contributed by atoms with van der Waals surface area (Å²) in [5, 5.41) is 0. The van der Waals surface area contributed by atoms with E-state index in [2.05, 4.69) is 44.8 Å². The minimum atomic E-state index is 0.143. The second kappa shape index (κ2) is 5.63. The van der Waals surface area contributed by atoms with E-state index in [-0.39, 0.29) is 5.41 Å². The summed E-state index contributed by atoms with van der Waals surface area (Å²) in [6.45, 7) is 9.16. The van der Waals surface area contributed by atoms with E-state index in [0.717, 1.165) is 16.9 Å². The number of rotatable bonds is 3. The maximum Gasteiger partial charge on any atom is 0.219 e. The van der Waals surface area contributed by atoms with Crippen molar-refractivity contribution in [2.45, 2.75) is 39.7 Å². The van der Waals surface area contributed by atoms with E-state index in [1.54, 1.807) is 6.20 Å². The van der Waals surface area contributed by atoms with Gasteiger partial charge >= 0.3 is 0 Å². The second-order valence-electron chi connectivity index (χ2n) is 6.04. The van der Waals surface area contributed by atoms with Crippen molar-refractivity contribution in [3.63, 3.8) is 0 Å². The third-order valence-corrected chi connectivity index (χ3v) is 3.29. The highest BCUT2D eigenvalue weighted by Crippen LogP contribution is 2.29. The summed E-state index contributed by atoms with van der Waals surface area (Å²) in [6, 6.07) is 10.1. The molecule has 2 rings (SSSR count). The lowest BCUT2D eigenvalue weighted by Crippen LogP contribution is -2.11. The third kappa shape index (κ3) is 3.36. The molecule has 1 aromatic heterocycles. The second-order valence-corrected chi connectivity index (χ2v) is 6.04. The van der Waals surface area contributed by atoms with Crippen LogP contribution in [-0.2, 0) is 12.0 Å². The zero-order valence-corrected chi connectivity index (χ0v) is 12.6. The van der Waals surface area contributed by atoms with Crippen LogP contribution >= 0.6 is 0 Å². The van der Waals surface area contributed by atoms with E-state index in [1.807, 2.05) is 18.2 Å². The SMILES string of the molecule is Cc1cc(C(C)(C)C)ccc1Oc1ccc(CN)cn1. The molecule has 106 valence electrons. The number of ether oxygens (including phenoxy) is 1. The highest BCUT2D eigenvalue weighted by atomic mass is 16.5. The van der Waals surface area contributed by atoms with Gasteiger partial charge in [0.05, 0.1) is 0 Å². The quantitative estimate of drug-likeness (QED) is 0.919. The summed E-state index contributed by atoms with van der Waals surface area (Å²) < 4.78 is 5.82. The Bertz CT molecular complexity index is 583. The number of nitrogens with zero attached hydrogens (tertiary/aromatic N) is 1. The van der Waals surface area contributed by atoms with E-state index in [0.29, 0.717) is 12.4 Å². The molecule has 3 heteroatoms. The molecule has 2 aromatic rings. The number of benzene rings is 1. The monoisotopic (exact) mass is 270 g/mol. The predicted octanol–water partition coefficient (Wildman–Crippen LogP) is 3.94. The van der Waals surface area contributed by atoms with Crippen LogP contribution in [0.4, 0.5) is 0 Å². The van der Waals surface area contributed by atoms with Crippen molar-refractivity contribution < 1.29 is 4.74 Å². The van der Waals surface area contributed by atoms with Gasteiger partial charge < -0.3 is 10.5 Å². The first-order valence-corrected chi connectivity index (χ1v) is 6.84. The van der Waals surface area contributed by atoms with Crippen molar-refractivity contribution in [3.8, 4) is 11.6 Å². The van der Waals surface area contributed by atoms with Crippen LogP contribution in [0.3, 0.4) is 0 Å². The molecule has 0 unspecified atom stereocenters. The molecule has 0 radical (unpaired) electrons. The van der Waals surface area contributed by atoms with Crippen molar-refractivity contribution in [2.24, 2.45) is 5.73 Å². The number of hydrogen-bond donors (Lipinski definition) is 1. The lowest BCUT2D eigenvalue weighted by atomic mass is 9.86. The minimum absolute atomic E-state index is 0.143. The normalized spacial score (nSPS) is 11.4. The average Bonchev–Trinajstić information content (AvgIpc) is 2.41. The Morgan fingerprint density at radius 3 is 2.40 bits per heavy atom. The molecule has 0 amide bonds. The number of aryl methyl sites for hydroxylation is 1. The predicted molar refractivity (Wildman–Crippen MR) is 82.1 cm³/mol. The molecule has 0 fully saturated rings. The van der Waals surface area contributed by atoms with Crippen LogP contribution in [-0.4, -0.2) is 4.98 Å². The molecule has 0 aliphatic carbocycles. The third-order valence-electron chi connectivity index (χ3n) is 3.29. The molecule has 0 aliphatic rings. The topological polar surface area (TPSA) is 48.1 Å². The van der Waals surface area contributed by atoms with Gasteiger partial charge in [0.2, 0.25) is 5.88 Å². The van der Waals surface area contributed by atoms with Crippen LogP contribution in [0.2, 0.25) is 0 Å². The zero-order valence-electron chi connectivity index (χ0n) is 12.6. The van der Waals surface area contributed by atoms with Gasteiger partial charge in [0.15, 0.2) is 0 Å². The van der Waals surface area contributed by atoms with Gasteiger partial charge in [-0.25, -0.2) is 4.98 Å². The standard InChI is InChI=1S/C17H22N2O/c1-12-9-14(17(2,3)4)6-7-15(12)20-16-8-5-13(10-18)11-19-16/h5-9,11H,10,18H2,1-4H3. The molecule has 3 nitrogen and oxygen atoms in total. The fourth-order valence-corrected chi connectivity index (χ4v) is 1.94. The Balaban J connectivity index is 2.21. The summed E-state index contributed by atoms with van der Waals surface area (Å²) in [5.41, 5.74) is 9.11. The molecular formula is C17H22N2O. The van der Waals surface area contributed by atoms with Gasteiger partial charge in [-0.3, -0.25) is 0 Å². The first kappa shape index (κ1) is 14.5. The van der Waals surface area contributed by atoms with Crippen LogP contribution in [0.15, 0.2) is 36.5 Å². The summed E-state index contributed by atoms with van der Waals surface area (Å²) in [5.74, 6) is 1.43. The lowest BCUT2D eigenvalue weighted by Gasteiger charge is -2.20. The zero-order chi connectivity index (χ0) is 14.8. The van der Waals surface area contributed by atoms with E-state index >= 15 is 0 Å². The summed E-state index contributed by atoms with van der Waals surface area (Å²) in [4.78, 5) is 4.25. The Morgan fingerprint density at radius 1 is 1.15 bits per heavy atom. The van der Waals surface area contributed by atoms with Crippen LogP contribution in [0.25, 0.3) is 0 Å².